The van der Waals surface area contributed by atoms with E-state index in [9.17, 15) is 19.5 Å². The summed E-state index contributed by atoms with van der Waals surface area (Å²) in [4.78, 5) is 23.7. The van der Waals surface area contributed by atoms with Gasteiger partial charge in [-0.1, -0.05) is 22.8 Å². The van der Waals surface area contributed by atoms with E-state index >= 15 is 0 Å². The summed E-state index contributed by atoms with van der Waals surface area (Å²) >= 11 is 0. The van der Waals surface area contributed by atoms with Gasteiger partial charge in [0.2, 0.25) is 10.2 Å². The molecule has 0 aliphatic carbocycles. The lowest BCUT2D eigenvalue weighted by Crippen LogP contribution is -2.27. The van der Waals surface area contributed by atoms with Crippen LogP contribution in [0.4, 0.5) is 10.5 Å². The fraction of sp³-hybridized carbons (Fsp3) is 0.235. The minimum absolute atomic E-state index is 0.00145. The third-order valence-electron chi connectivity index (χ3n) is 3.55. The largest absolute Gasteiger partial charge is 0.443 e. The second kappa shape index (κ2) is 5.93. The standard InChI is InChI=1S/C17H16N2O5P/c1-17(2,3)24-16(20)18-11-7-4-5-9-13(11)25(23)14-10-6-8-12(15(14)18)19(21)22/h4-10H,1-3H3/q+1. The minimum Gasteiger partial charge on any atom is -0.443 e. The van der Waals surface area contributed by atoms with E-state index in [1.54, 1.807) is 45.0 Å². The molecule has 0 N–H and O–H groups in total. The van der Waals surface area contributed by atoms with Gasteiger partial charge >= 0.3 is 13.5 Å². The number of benzene rings is 2. The Labute approximate surface area is 143 Å². The Morgan fingerprint density at radius 1 is 1.12 bits per heavy atom. The van der Waals surface area contributed by atoms with Crippen molar-refractivity contribution in [2.45, 2.75) is 26.4 Å². The highest BCUT2D eigenvalue weighted by Gasteiger charge is 2.31. The van der Waals surface area contributed by atoms with Crippen LogP contribution in [0.1, 0.15) is 20.8 Å². The average Bonchev–Trinajstić information content (AvgIpc) is 2.53. The van der Waals surface area contributed by atoms with Crippen LogP contribution in [0, 0.1) is 10.1 Å². The van der Waals surface area contributed by atoms with Crippen molar-refractivity contribution >= 4 is 40.5 Å². The molecule has 1 atom stereocenters. The minimum atomic E-state index is -2.05. The van der Waals surface area contributed by atoms with Crippen LogP contribution in [0.25, 0.3) is 21.3 Å². The van der Waals surface area contributed by atoms with E-state index in [1.807, 2.05) is 0 Å². The van der Waals surface area contributed by atoms with E-state index in [1.165, 1.54) is 18.2 Å². The number of carbonyl (C=O) groups excluding carboxylic acids is 1. The highest BCUT2D eigenvalue weighted by molar-refractivity contribution is 7.49. The van der Waals surface area contributed by atoms with Crippen LogP contribution in [-0.2, 0) is 9.30 Å². The summed E-state index contributed by atoms with van der Waals surface area (Å²) in [6, 6.07) is 10.9. The van der Waals surface area contributed by atoms with Gasteiger partial charge in [0.25, 0.3) is 5.69 Å². The van der Waals surface area contributed by atoms with Crippen molar-refractivity contribution in [3.05, 3.63) is 52.6 Å². The van der Waals surface area contributed by atoms with Crippen LogP contribution < -0.4 is 0 Å². The third kappa shape index (κ3) is 2.98. The zero-order valence-electron chi connectivity index (χ0n) is 13.9. The molecular formula is C17H16N2O5P+. The summed E-state index contributed by atoms with van der Waals surface area (Å²) in [5.74, 6) is 0. The second-order valence-electron chi connectivity index (χ2n) is 6.50. The Bertz CT molecular complexity index is 1080. The molecule has 2 aromatic carbocycles. The van der Waals surface area contributed by atoms with Crippen molar-refractivity contribution in [3.63, 3.8) is 0 Å². The fourth-order valence-electron chi connectivity index (χ4n) is 2.63. The van der Waals surface area contributed by atoms with Gasteiger partial charge in [-0.3, -0.25) is 10.1 Å². The number of non-ortho nitro benzene ring substituents is 1. The molecular weight excluding hydrogens is 343 g/mol. The van der Waals surface area contributed by atoms with Crippen molar-refractivity contribution in [2.24, 2.45) is 0 Å². The number of nitro benzene ring substituents is 1. The van der Waals surface area contributed by atoms with E-state index in [4.69, 9.17) is 4.74 Å². The molecule has 0 amide bonds. The van der Waals surface area contributed by atoms with Gasteiger partial charge in [-0.05, 0) is 39.0 Å². The SMILES string of the molecule is CC(C)(C)OC(=O)n1c2ccccc2[p+](=O)c2cccc([N+](=O)[O-])c21. The van der Waals surface area contributed by atoms with Crippen LogP contribution in [0.2, 0.25) is 0 Å². The molecule has 0 saturated heterocycles. The molecule has 1 heterocycles. The van der Waals surface area contributed by atoms with Crippen LogP contribution >= 0.6 is 7.41 Å². The van der Waals surface area contributed by atoms with E-state index in [0.717, 1.165) is 4.57 Å². The zero-order valence-corrected chi connectivity index (χ0v) is 14.8. The molecule has 8 heteroatoms. The van der Waals surface area contributed by atoms with Gasteiger partial charge in [0, 0.05) is 6.07 Å². The molecule has 0 radical (unpaired) electrons. The number of rotatable bonds is 1. The fourth-order valence-corrected chi connectivity index (χ4v) is 4.12. The first-order valence-corrected chi connectivity index (χ1v) is 8.83. The Hall–Kier alpha value is -2.79. The Balaban J connectivity index is 2.53. The third-order valence-corrected chi connectivity index (χ3v) is 5.16. The van der Waals surface area contributed by atoms with Gasteiger partial charge in [-0.15, -0.1) is 0 Å². The van der Waals surface area contributed by atoms with E-state index in [-0.39, 0.29) is 16.3 Å². The number of nitrogens with zero attached hydrogens (tertiary/aromatic N) is 2. The smallest absolute Gasteiger partial charge is 0.420 e. The van der Waals surface area contributed by atoms with E-state index < -0.39 is 24.0 Å². The number of para-hydroxylation sites is 2. The predicted molar refractivity (Wildman–Crippen MR) is 95.3 cm³/mol. The molecule has 0 aliphatic rings. The lowest BCUT2D eigenvalue weighted by atomic mass is 10.2. The Kier molecular flexibility index (Phi) is 4.05. The van der Waals surface area contributed by atoms with Crippen LogP contribution in [0.3, 0.4) is 0 Å². The number of carbonyl (C=O) groups is 1. The molecule has 128 valence electrons. The molecule has 0 bridgehead atoms. The van der Waals surface area contributed by atoms with Crippen molar-refractivity contribution in [1.82, 2.24) is 4.57 Å². The van der Waals surface area contributed by atoms with Gasteiger partial charge in [-0.2, -0.15) is 0 Å². The number of nitro groups is 1. The first kappa shape index (κ1) is 17.0. The molecule has 0 fully saturated rings. The van der Waals surface area contributed by atoms with Crippen molar-refractivity contribution < 1.29 is 19.0 Å². The zero-order chi connectivity index (χ0) is 18.4. The maximum Gasteiger partial charge on any atom is 0.420 e. The highest BCUT2D eigenvalue weighted by atomic mass is 31.1. The molecule has 25 heavy (non-hydrogen) atoms. The molecule has 0 aliphatic heterocycles. The maximum absolute atomic E-state index is 12.9. The van der Waals surface area contributed by atoms with Gasteiger partial charge in [0.05, 0.1) is 4.92 Å². The van der Waals surface area contributed by atoms with E-state index in [0.29, 0.717) is 10.6 Å². The lowest BCUT2D eigenvalue weighted by molar-refractivity contribution is -0.383. The number of fused-ring (bicyclic) bond motifs is 2. The molecule has 0 spiro atoms. The molecule has 1 unspecified atom stereocenters. The monoisotopic (exact) mass is 359 g/mol. The van der Waals surface area contributed by atoms with Crippen molar-refractivity contribution in [2.75, 3.05) is 0 Å². The van der Waals surface area contributed by atoms with Gasteiger partial charge in [-0.25, -0.2) is 9.36 Å². The summed E-state index contributed by atoms with van der Waals surface area (Å²) in [5.41, 5.74) is -0.738. The Morgan fingerprint density at radius 3 is 2.40 bits per heavy atom. The summed E-state index contributed by atoms with van der Waals surface area (Å²) in [5, 5.41) is 12.2. The molecule has 1 aromatic heterocycles. The normalized spacial score (nSPS) is 12.4. The lowest BCUT2D eigenvalue weighted by Gasteiger charge is -2.20. The first-order chi connectivity index (χ1) is 11.7. The maximum atomic E-state index is 12.9. The molecule has 3 aromatic rings. The van der Waals surface area contributed by atoms with Crippen molar-refractivity contribution in [3.8, 4) is 0 Å². The summed E-state index contributed by atoms with van der Waals surface area (Å²) in [7, 11) is -2.05. The van der Waals surface area contributed by atoms with Gasteiger partial charge in [0.15, 0.2) is 5.52 Å². The average molecular weight is 359 g/mol. The molecule has 3 rings (SSSR count). The number of aromatic nitrogens is 1. The number of hydrogen-bond acceptors (Lipinski definition) is 5. The number of hydrogen-bond donors (Lipinski definition) is 0. The van der Waals surface area contributed by atoms with E-state index in [2.05, 4.69) is 0 Å². The summed E-state index contributed by atoms with van der Waals surface area (Å²) in [6.45, 7) is 5.13. The second-order valence-corrected chi connectivity index (χ2v) is 8.05. The summed E-state index contributed by atoms with van der Waals surface area (Å²) in [6.07, 6.45) is -0.751. The topological polar surface area (TPSA) is 91.4 Å². The molecule has 0 saturated carbocycles. The van der Waals surface area contributed by atoms with Crippen molar-refractivity contribution in [1.29, 1.82) is 0 Å². The van der Waals surface area contributed by atoms with Crippen LogP contribution in [-0.4, -0.2) is 21.2 Å². The number of ether oxygens (including phenoxy) is 1. The van der Waals surface area contributed by atoms with Crippen LogP contribution in [0.5, 0.6) is 0 Å². The molecule has 7 nitrogen and oxygen atoms in total. The summed E-state index contributed by atoms with van der Waals surface area (Å²) < 4.78 is 19.5. The first-order valence-electron chi connectivity index (χ1n) is 7.57. The van der Waals surface area contributed by atoms with Gasteiger partial charge < -0.3 is 4.74 Å². The van der Waals surface area contributed by atoms with Gasteiger partial charge in [0.1, 0.15) is 11.1 Å². The van der Waals surface area contributed by atoms with Crippen LogP contribution in [0.15, 0.2) is 42.5 Å². The quantitative estimate of drug-likeness (QED) is 0.337. The highest BCUT2D eigenvalue weighted by Crippen LogP contribution is 2.40. The predicted octanol–water partition coefficient (Wildman–Crippen LogP) is 5.23. The Morgan fingerprint density at radius 2 is 1.76 bits per heavy atom.